The molecule has 1 aliphatic rings. The van der Waals surface area contributed by atoms with Crippen molar-refractivity contribution in [3.05, 3.63) is 33.8 Å². The molecule has 0 bridgehead atoms. The molecule has 8 heteroatoms. The van der Waals surface area contributed by atoms with Gasteiger partial charge in [-0.1, -0.05) is 23.2 Å². The lowest BCUT2D eigenvalue weighted by Gasteiger charge is -2.16. The zero-order chi connectivity index (χ0) is 14.4. The van der Waals surface area contributed by atoms with Crippen LogP contribution in [0.1, 0.15) is 16.8 Å². The molecule has 0 radical (unpaired) electrons. The Morgan fingerprint density at radius 1 is 1.29 bits per heavy atom. The highest BCUT2D eigenvalue weighted by molar-refractivity contribution is 14.0. The zero-order valence-electron chi connectivity index (χ0n) is 11.3. The lowest BCUT2D eigenvalue weighted by Crippen LogP contribution is -2.43. The van der Waals surface area contributed by atoms with E-state index in [4.69, 9.17) is 23.2 Å². The van der Waals surface area contributed by atoms with E-state index < -0.39 is 0 Å². The summed E-state index contributed by atoms with van der Waals surface area (Å²) in [4.78, 5) is 16.1. The summed E-state index contributed by atoms with van der Waals surface area (Å²) < 4.78 is 0. The van der Waals surface area contributed by atoms with Gasteiger partial charge in [0.2, 0.25) is 0 Å². The quantitative estimate of drug-likeness (QED) is 0.495. The minimum absolute atomic E-state index is 0. The smallest absolute Gasteiger partial charge is 0.251 e. The van der Waals surface area contributed by atoms with Gasteiger partial charge in [0, 0.05) is 31.7 Å². The third-order valence-electron chi connectivity index (χ3n) is 2.78. The summed E-state index contributed by atoms with van der Waals surface area (Å²) in [6, 6.07) is 4.81. The van der Waals surface area contributed by atoms with E-state index in [0.29, 0.717) is 28.7 Å². The zero-order valence-corrected chi connectivity index (χ0v) is 15.1. The average molecular weight is 443 g/mol. The molecule has 1 heterocycles. The van der Waals surface area contributed by atoms with Gasteiger partial charge in [0.25, 0.3) is 5.91 Å². The van der Waals surface area contributed by atoms with E-state index in [1.54, 1.807) is 18.2 Å². The molecule has 1 amide bonds. The van der Waals surface area contributed by atoms with Gasteiger partial charge >= 0.3 is 0 Å². The molecule has 0 fully saturated rings. The van der Waals surface area contributed by atoms with Gasteiger partial charge in [0.1, 0.15) is 0 Å². The first-order valence-electron chi connectivity index (χ1n) is 6.42. The Morgan fingerprint density at radius 3 is 2.76 bits per heavy atom. The van der Waals surface area contributed by atoms with Crippen LogP contribution in [-0.2, 0) is 0 Å². The molecule has 0 atom stereocenters. The third-order valence-corrected chi connectivity index (χ3v) is 3.52. The summed E-state index contributed by atoms with van der Waals surface area (Å²) in [6.07, 6.45) is 1.05. The average Bonchev–Trinajstić information content (AvgIpc) is 2.47. The van der Waals surface area contributed by atoms with Crippen LogP contribution in [0.25, 0.3) is 0 Å². The van der Waals surface area contributed by atoms with Crippen molar-refractivity contribution in [2.75, 3.05) is 26.2 Å². The molecule has 1 aromatic carbocycles. The van der Waals surface area contributed by atoms with E-state index in [2.05, 4.69) is 20.9 Å². The fourth-order valence-corrected chi connectivity index (χ4v) is 2.05. The van der Waals surface area contributed by atoms with Crippen LogP contribution in [0.15, 0.2) is 23.2 Å². The SMILES string of the molecule is I.O=C(NCCNC1=NCCCN1)c1ccc(Cl)c(Cl)c1. The van der Waals surface area contributed by atoms with Crippen LogP contribution in [0.4, 0.5) is 0 Å². The highest BCUT2D eigenvalue weighted by Gasteiger charge is 2.08. The lowest BCUT2D eigenvalue weighted by atomic mass is 10.2. The van der Waals surface area contributed by atoms with Crippen LogP contribution >= 0.6 is 47.2 Å². The number of aliphatic imine (C=N–C) groups is 1. The number of carbonyl (C=O) groups is 1. The highest BCUT2D eigenvalue weighted by Crippen LogP contribution is 2.22. The monoisotopic (exact) mass is 442 g/mol. The number of halogens is 3. The third kappa shape index (κ3) is 5.88. The second kappa shape index (κ2) is 9.32. The number of rotatable bonds is 4. The van der Waals surface area contributed by atoms with E-state index in [-0.39, 0.29) is 29.9 Å². The number of amides is 1. The Balaban J connectivity index is 0.00000220. The molecule has 21 heavy (non-hydrogen) atoms. The minimum atomic E-state index is -0.177. The lowest BCUT2D eigenvalue weighted by molar-refractivity contribution is 0.0954. The number of nitrogens with zero attached hydrogens (tertiary/aromatic N) is 1. The maximum Gasteiger partial charge on any atom is 0.251 e. The van der Waals surface area contributed by atoms with Crippen molar-refractivity contribution in [3.63, 3.8) is 0 Å². The molecule has 116 valence electrons. The van der Waals surface area contributed by atoms with E-state index in [9.17, 15) is 4.79 Å². The Morgan fingerprint density at radius 2 is 2.10 bits per heavy atom. The van der Waals surface area contributed by atoms with Crippen molar-refractivity contribution < 1.29 is 4.79 Å². The first-order valence-corrected chi connectivity index (χ1v) is 7.18. The van der Waals surface area contributed by atoms with Crippen LogP contribution in [0, 0.1) is 0 Å². The Labute approximate surface area is 150 Å². The number of nitrogens with one attached hydrogen (secondary N) is 3. The van der Waals surface area contributed by atoms with Gasteiger partial charge < -0.3 is 16.0 Å². The van der Waals surface area contributed by atoms with Crippen molar-refractivity contribution >= 4 is 59.0 Å². The minimum Gasteiger partial charge on any atom is -0.356 e. The van der Waals surface area contributed by atoms with Crippen molar-refractivity contribution in [2.24, 2.45) is 4.99 Å². The van der Waals surface area contributed by atoms with Gasteiger partial charge in [-0.25, -0.2) is 0 Å². The fraction of sp³-hybridized carbons (Fsp3) is 0.385. The molecule has 0 spiro atoms. The van der Waals surface area contributed by atoms with Crippen molar-refractivity contribution in [1.29, 1.82) is 0 Å². The molecule has 0 aliphatic carbocycles. The summed E-state index contributed by atoms with van der Waals surface area (Å²) in [6.45, 7) is 2.88. The topological polar surface area (TPSA) is 65.5 Å². The molecule has 3 N–H and O–H groups in total. The maximum atomic E-state index is 11.9. The molecule has 0 aromatic heterocycles. The Kier molecular flexibility index (Phi) is 8.13. The Bertz CT molecular complexity index is 525. The molecule has 1 aromatic rings. The van der Waals surface area contributed by atoms with Crippen LogP contribution in [-0.4, -0.2) is 38.0 Å². The molecule has 5 nitrogen and oxygen atoms in total. The second-order valence-electron chi connectivity index (χ2n) is 4.32. The van der Waals surface area contributed by atoms with E-state index in [1.807, 2.05) is 0 Å². The fourth-order valence-electron chi connectivity index (χ4n) is 1.75. The number of hydrogen-bond donors (Lipinski definition) is 3. The summed E-state index contributed by atoms with van der Waals surface area (Å²) in [5.41, 5.74) is 0.493. The van der Waals surface area contributed by atoms with Crippen molar-refractivity contribution in [2.45, 2.75) is 6.42 Å². The van der Waals surface area contributed by atoms with Crippen LogP contribution < -0.4 is 16.0 Å². The number of hydrogen-bond acceptors (Lipinski definition) is 4. The number of benzene rings is 1. The number of carbonyl (C=O) groups excluding carboxylic acids is 1. The second-order valence-corrected chi connectivity index (χ2v) is 5.14. The van der Waals surface area contributed by atoms with Gasteiger partial charge in [0.15, 0.2) is 5.96 Å². The van der Waals surface area contributed by atoms with Crippen LogP contribution in [0.2, 0.25) is 10.0 Å². The summed E-state index contributed by atoms with van der Waals surface area (Å²) in [5, 5.41) is 9.88. The molecule has 1 aliphatic heterocycles. The first kappa shape index (κ1) is 18.3. The molecule has 0 unspecified atom stereocenters. The molecule has 0 saturated heterocycles. The number of guanidine groups is 1. The van der Waals surface area contributed by atoms with Gasteiger partial charge in [-0.05, 0) is 24.6 Å². The van der Waals surface area contributed by atoms with E-state index in [0.717, 1.165) is 25.5 Å². The molecule has 0 saturated carbocycles. The van der Waals surface area contributed by atoms with Gasteiger partial charge in [-0.2, -0.15) is 0 Å². The van der Waals surface area contributed by atoms with E-state index in [1.165, 1.54) is 0 Å². The summed E-state index contributed by atoms with van der Waals surface area (Å²) in [5.74, 6) is 0.615. The summed E-state index contributed by atoms with van der Waals surface area (Å²) in [7, 11) is 0. The maximum absolute atomic E-state index is 11.9. The highest BCUT2D eigenvalue weighted by atomic mass is 127. The predicted molar refractivity (Wildman–Crippen MR) is 97.1 cm³/mol. The van der Waals surface area contributed by atoms with Crippen molar-refractivity contribution in [3.8, 4) is 0 Å². The molecular weight excluding hydrogens is 426 g/mol. The van der Waals surface area contributed by atoms with Gasteiger partial charge in [-0.15, -0.1) is 24.0 Å². The predicted octanol–water partition coefficient (Wildman–Crippen LogP) is 2.28. The van der Waals surface area contributed by atoms with E-state index >= 15 is 0 Å². The van der Waals surface area contributed by atoms with Crippen LogP contribution in [0.5, 0.6) is 0 Å². The molecule has 2 rings (SSSR count). The van der Waals surface area contributed by atoms with Gasteiger partial charge in [0.05, 0.1) is 10.0 Å². The normalized spacial score (nSPS) is 13.5. The first-order chi connectivity index (χ1) is 9.66. The van der Waals surface area contributed by atoms with Crippen molar-refractivity contribution in [1.82, 2.24) is 16.0 Å². The largest absolute Gasteiger partial charge is 0.356 e. The molecular formula is C13H17Cl2IN4O. The van der Waals surface area contributed by atoms with Crippen LogP contribution in [0.3, 0.4) is 0 Å². The van der Waals surface area contributed by atoms with Gasteiger partial charge in [-0.3, -0.25) is 9.79 Å². The summed E-state index contributed by atoms with van der Waals surface area (Å²) >= 11 is 11.7. The standard InChI is InChI=1S/C13H16Cl2N4O.HI/c14-10-3-2-9(8-11(10)15)12(20)16-6-7-19-13-17-4-1-5-18-13;/h2-3,8H,1,4-7H2,(H,16,20)(H2,17,18,19);1H. The Hall–Kier alpha value is -0.730.